The third-order valence-corrected chi connectivity index (χ3v) is 2.68. The smallest absolute Gasteiger partial charge is 0.237 e. The summed E-state index contributed by atoms with van der Waals surface area (Å²) in [5.41, 5.74) is 6.87. The average Bonchev–Trinajstić information content (AvgIpc) is 2.33. The molecule has 1 rings (SSSR count). The Bertz CT molecular complexity index is 397. The molecule has 1 unspecified atom stereocenters. The molecular weight excluding hydrogens is 264 g/mol. The van der Waals surface area contributed by atoms with E-state index in [-0.39, 0.29) is 24.2 Å². The lowest BCUT2D eigenvalue weighted by atomic mass is 10.1. The maximum absolute atomic E-state index is 11.6. The second kappa shape index (κ2) is 8.77. The van der Waals surface area contributed by atoms with Gasteiger partial charge in [-0.25, -0.2) is 0 Å². The van der Waals surface area contributed by atoms with Gasteiger partial charge >= 0.3 is 0 Å². The normalized spacial score (nSPS) is 11.6. The van der Waals surface area contributed by atoms with E-state index in [9.17, 15) is 4.79 Å². The Balaban J connectivity index is 0.00000324. The highest BCUT2D eigenvalue weighted by Crippen LogP contribution is 2.11. The fourth-order valence-corrected chi connectivity index (χ4v) is 1.47. The van der Waals surface area contributed by atoms with Gasteiger partial charge in [-0.2, -0.15) is 0 Å². The van der Waals surface area contributed by atoms with Gasteiger partial charge in [-0.1, -0.05) is 26.0 Å². The molecule has 0 spiro atoms. The summed E-state index contributed by atoms with van der Waals surface area (Å²) in [6, 6.07) is 7.36. The highest BCUT2D eigenvalue weighted by molar-refractivity contribution is 5.85. The fraction of sp³-hybridized carbons (Fsp3) is 0.500. The summed E-state index contributed by atoms with van der Waals surface area (Å²) >= 11 is 0. The summed E-state index contributed by atoms with van der Waals surface area (Å²) in [6.07, 6.45) is 0. The van der Waals surface area contributed by atoms with Gasteiger partial charge in [-0.05, 0) is 30.5 Å². The van der Waals surface area contributed by atoms with Crippen molar-refractivity contribution in [1.29, 1.82) is 0 Å². The number of nitrogens with one attached hydrogen (secondary N) is 1. The zero-order valence-electron chi connectivity index (χ0n) is 11.7. The van der Waals surface area contributed by atoms with Gasteiger partial charge < -0.3 is 15.8 Å². The first-order valence-corrected chi connectivity index (χ1v) is 6.23. The van der Waals surface area contributed by atoms with Crippen LogP contribution in [0.25, 0.3) is 0 Å². The number of amides is 1. The van der Waals surface area contributed by atoms with Crippen molar-refractivity contribution in [3.8, 4) is 5.75 Å². The summed E-state index contributed by atoms with van der Waals surface area (Å²) in [5.74, 6) is 0.831. The van der Waals surface area contributed by atoms with Crippen molar-refractivity contribution >= 4 is 18.3 Å². The van der Waals surface area contributed by atoms with Gasteiger partial charge in [0.1, 0.15) is 12.4 Å². The summed E-state index contributed by atoms with van der Waals surface area (Å²) in [5, 5.41) is 2.76. The molecule has 1 aromatic carbocycles. The van der Waals surface area contributed by atoms with Crippen LogP contribution >= 0.6 is 12.4 Å². The minimum absolute atomic E-state index is 0. The number of hydrogen-bond acceptors (Lipinski definition) is 3. The predicted octanol–water partition coefficient (Wildman–Crippen LogP) is 1.90. The number of benzene rings is 1. The van der Waals surface area contributed by atoms with Crippen LogP contribution in [0, 0.1) is 12.8 Å². The van der Waals surface area contributed by atoms with E-state index in [1.165, 1.54) is 0 Å². The van der Waals surface area contributed by atoms with Crippen molar-refractivity contribution in [3.63, 3.8) is 0 Å². The highest BCUT2D eigenvalue weighted by atomic mass is 35.5. The predicted molar refractivity (Wildman–Crippen MR) is 79.7 cm³/mol. The van der Waals surface area contributed by atoms with E-state index in [1.54, 1.807) is 0 Å². The second-order valence-corrected chi connectivity index (χ2v) is 4.73. The summed E-state index contributed by atoms with van der Waals surface area (Å²) in [6.45, 7) is 6.77. The van der Waals surface area contributed by atoms with Crippen molar-refractivity contribution in [2.24, 2.45) is 11.7 Å². The van der Waals surface area contributed by atoms with E-state index in [4.69, 9.17) is 10.5 Å². The van der Waals surface area contributed by atoms with Gasteiger partial charge in [0.05, 0.1) is 12.6 Å². The Labute approximate surface area is 121 Å². The first-order valence-electron chi connectivity index (χ1n) is 6.23. The molecule has 108 valence electrons. The molecule has 0 fully saturated rings. The van der Waals surface area contributed by atoms with Gasteiger partial charge in [0, 0.05) is 0 Å². The highest BCUT2D eigenvalue weighted by Gasteiger charge is 2.16. The van der Waals surface area contributed by atoms with Crippen LogP contribution in [0.2, 0.25) is 0 Å². The number of halogens is 1. The number of aryl methyl sites for hydroxylation is 1. The average molecular weight is 287 g/mol. The van der Waals surface area contributed by atoms with Crippen molar-refractivity contribution in [3.05, 3.63) is 29.8 Å². The lowest BCUT2D eigenvalue weighted by Gasteiger charge is -2.15. The Morgan fingerprint density at radius 3 is 2.68 bits per heavy atom. The van der Waals surface area contributed by atoms with Crippen LogP contribution < -0.4 is 15.8 Å². The second-order valence-electron chi connectivity index (χ2n) is 4.73. The number of carbonyl (C=O) groups is 1. The molecule has 1 atom stereocenters. The number of ether oxygens (including phenoxy) is 1. The van der Waals surface area contributed by atoms with E-state index in [1.807, 2.05) is 45.0 Å². The molecule has 4 nitrogen and oxygen atoms in total. The number of nitrogens with two attached hydrogens (primary N) is 1. The molecule has 0 aromatic heterocycles. The lowest BCUT2D eigenvalue weighted by Crippen LogP contribution is -2.45. The largest absolute Gasteiger partial charge is 0.492 e. The monoisotopic (exact) mass is 286 g/mol. The molecule has 3 N–H and O–H groups in total. The zero-order valence-corrected chi connectivity index (χ0v) is 12.5. The number of carbonyl (C=O) groups excluding carboxylic acids is 1. The van der Waals surface area contributed by atoms with Crippen molar-refractivity contribution in [2.45, 2.75) is 26.8 Å². The van der Waals surface area contributed by atoms with Gasteiger partial charge in [-0.3, -0.25) is 4.79 Å². The van der Waals surface area contributed by atoms with E-state index >= 15 is 0 Å². The van der Waals surface area contributed by atoms with Gasteiger partial charge in [0.2, 0.25) is 5.91 Å². The minimum Gasteiger partial charge on any atom is -0.492 e. The van der Waals surface area contributed by atoms with Crippen LogP contribution in [-0.2, 0) is 4.79 Å². The molecule has 19 heavy (non-hydrogen) atoms. The third kappa shape index (κ3) is 6.45. The van der Waals surface area contributed by atoms with E-state index in [0.717, 1.165) is 11.3 Å². The van der Waals surface area contributed by atoms with Crippen molar-refractivity contribution < 1.29 is 9.53 Å². The SMILES string of the molecule is Cc1cccc(OCCNC(=O)C(N)C(C)C)c1.Cl. The topological polar surface area (TPSA) is 64.3 Å². The van der Waals surface area contributed by atoms with Crippen LogP contribution in [0.15, 0.2) is 24.3 Å². The lowest BCUT2D eigenvalue weighted by molar-refractivity contribution is -0.123. The Kier molecular flexibility index (Phi) is 8.19. The molecule has 0 bridgehead atoms. The molecular formula is C14H23ClN2O2. The maximum atomic E-state index is 11.6. The molecule has 0 aliphatic carbocycles. The van der Waals surface area contributed by atoms with E-state index in [2.05, 4.69) is 5.32 Å². The molecule has 0 aliphatic rings. The van der Waals surface area contributed by atoms with Crippen molar-refractivity contribution in [2.75, 3.05) is 13.2 Å². The van der Waals surface area contributed by atoms with Crippen LogP contribution in [0.5, 0.6) is 5.75 Å². The summed E-state index contributed by atoms with van der Waals surface area (Å²) in [7, 11) is 0. The van der Waals surface area contributed by atoms with Crippen LogP contribution in [0.4, 0.5) is 0 Å². The molecule has 0 heterocycles. The molecule has 1 aromatic rings. The molecule has 0 saturated heterocycles. The van der Waals surface area contributed by atoms with Crippen LogP contribution in [-0.4, -0.2) is 25.1 Å². The Morgan fingerprint density at radius 2 is 2.11 bits per heavy atom. The molecule has 0 radical (unpaired) electrons. The zero-order chi connectivity index (χ0) is 13.5. The van der Waals surface area contributed by atoms with Gasteiger partial charge in [0.15, 0.2) is 0 Å². The maximum Gasteiger partial charge on any atom is 0.237 e. The standard InChI is InChI=1S/C14H22N2O2.ClH/c1-10(2)13(15)14(17)16-7-8-18-12-6-4-5-11(3)9-12;/h4-6,9-10,13H,7-8,15H2,1-3H3,(H,16,17);1H. The first kappa shape index (κ1) is 17.7. The fourth-order valence-electron chi connectivity index (χ4n) is 1.47. The van der Waals surface area contributed by atoms with E-state index < -0.39 is 6.04 Å². The number of rotatable bonds is 6. The first-order chi connectivity index (χ1) is 8.50. The van der Waals surface area contributed by atoms with Crippen molar-refractivity contribution in [1.82, 2.24) is 5.32 Å². The quantitative estimate of drug-likeness (QED) is 0.785. The third-order valence-electron chi connectivity index (χ3n) is 2.68. The molecule has 1 amide bonds. The Hall–Kier alpha value is -1.26. The summed E-state index contributed by atoms with van der Waals surface area (Å²) < 4.78 is 5.52. The van der Waals surface area contributed by atoms with E-state index in [0.29, 0.717) is 13.2 Å². The summed E-state index contributed by atoms with van der Waals surface area (Å²) in [4.78, 5) is 11.6. The molecule has 5 heteroatoms. The van der Waals surface area contributed by atoms with Crippen LogP contribution in [0.3, 0.4) is 0 Å². The number of hydrogen-bond donors (Lipinski definition) is 2. The Morgan fingerprint density at radius 1 is 1.42 bits per heavy atom. The van der Waals surface area contributed by atoms with Gasteiger partial charge in [-0.15, -0.1) is 12.4 Å². The molecule has 0 aliphatic heterocycles. The van der Waals surface area contributed by atoms with Crippen LogP contribution in [0.1, 0.15) is 19.4 Å². The minimum atomic E-state index is -0.455. The van der Waals surface area contributed by atoms with Gasteiger partial charge in [0.25, 0.3) is 0 Å². The molecule has 0 saturated carbocycles.